The monoisotopic (exact) mass is 265 g/mol. The Labute approximate surface area is 115 Å². The van der Waals surface area contributed by atoms with Crippen LogP contribution in [0.15, 0.2) is 24.3 Å². The molecule has 0 aliphatic heterocycles. The molecule has 1 aromatic rings. The van der Waals surface area contributed by atoms with Crippen molar-refractivity contribution in [1.82, 2.24) is 5.32 Å². The first-order valence-corrected chi connectivity index (χ1v) is 6.37. The van der Waals surface area contributed by atoms with Crippen LogP contribution >= 0.6 is 0 Å². The molecule has 0 radical (unpaired) electrons. The van der Waals surface area contributed by atoms with Crippen molar-refractivity contribution in [3.63, 3.8) is 0 Å². The summed E-state index contributed by atoms with van der Waals surface area (Å²) in [4.78, 5) is 11.4. The Balaban J connectivity index is 2.61. The average Bonchev–Trinajstić information content (AvgIpc) is 2.38. The lowest BCUT2D eigenvalue weighted by Crippen LogP contribution is -2.40. The first-order chi connectivity index (χ1) is 8.88. The van der Waals surface area contributed by atoms with Crippen LogP contribution in [0.5, 0.6) is 5.75 Å². The molecule has 4 heteroatoms. The largest absolute Gasteiger partial charge is 0.491 e. The predicted octanol–water partition coefficient (Wildman–Crippen LogP) is 2.12. The molecule has 0 heterocycles. The molecule has 106 valence electrons. The van der Waals surface area contributed by atoms with Crippen LogP contribution in [0, 0.1) is 0 Å². The summed E-state index contributed by atoms with van der Waals surface area (Å²) in [5.41, 5.74) is 1.37. The van der Waals surface area contributed by atoms with E-state index >= 15 is 0 Å². The number of nitrogens with one attached hydrogen (secondary N) is 1. The van der Waals surface area contributed by atoms with Gasteiger partial charge in [0, 0.05) is 0 Å². The number of benzene rings is 1. The molecule has 0 aliphatic rings. The van der Waals surface area contributed by atoms with E-state index in [0.717, 1.165) is 5.75 Å². The van der Waals surface area contributed by atoms with Crippen molar-refractivity contribution in [2.24, 2.45) is 0 Å². The maximum atomic E-state index is 11.4. The SMILES string of the molecule is CNC(COc1ccc(C(C)(C)C)cc1)C(=O)OC. The summed E-state index contributed by atoms with van der Waals surface area (Å²) in [5, 5.41) is 2.86. The third kappa shape index (κ3) is 4.56. The van der Waals surface area contributed by atoms with E-state index in [9.17, 15) is 4.79 Å². The first kappa shape index (κ1) is 15.5. The second-order valence-electron chi connectivity index (χ2n) is 5.45. The third-order valence-electron chi connectivity index (χ3n) is 2.97. The Morgan fingerprint density at radius 1 is 1.26 bits per heavy atom. The minimum absolute atomic E-state index is 0.123. The van der Waals surface area contributed by atoms with Gasteiger partial charge in [-0.2, -0.15) is 0 Å². The van der Waals surface area contributed by atoms with Crippen LogP contribution in [0.3, 0.4) is 0 Å². The van der Waals surface area contributed by atoms with E-state index in [0.29, 0.717) is 0 Å². The van der Waals surface area contributed by atoms with E-state index in [1.54, 1.807) is 7.05 Å². The van der Waals surface area contributed by atoms with Gasteiger partial charge in [-0.1, -0.05) is 32.9 Å². The molecule has 0 saturated carbocycles. The zero-order valence-corrected chi connectivity index (χ0v) is 12.3. The van der Waals surface area contributed by atoms with Crippen LogP contribution in [-0.2, 0) is 14.9 Å². The molecule has 1 atom stereocenters. The maximum Gasteiger partial charge on any atom is 0.326 e. The van der Waals surface area contributed by atoms with Gasteiger partial charge in [-0.3, -0.25) is 4.79 Å². The van der Waals surface area contributed by atoms with E-state index in [2.05, 4.69) is 30.8 Å². The number of carbonyl (C=O) groups excluding carboxylic acids is 1. The second-order valence-corrected chi connectivity index (χ2v) is 5.45. The molecular formula is C15H23NO3. The highest BCUT2D eigenvalue weighted by Gasteiger charge is 2.18. The molecule has 0 amide bonds. The topological polar surface area (TPSA) is 47.6 Å². The van der Waals surface area contributed by atoms with Gasteiger partial charge < -0.3 is 14.8 Å². The number of hydrogen-bond acceptors (Lipinski definition) is 4. The summed E-state index contributed by atoms with van der Waals surface area (Å²) in [6, 6.07) is 7.48. The highest BCUT2D eigenvalue weighted by Crippen LogP contribution is 2.24. The lowest BCUT2D eigenvalue weighted by Gasteiger charge is -2.19. The van der Waals surface area contributed by atoms with Crippen LogP contribution in [0.2, 0.25) is 0 Å². The fourth-order valence-corrected chi connectivity index (χ4v) is 1.64. The fourth-order valence-electron chi connectivity index (χ4n) is 1.64. The van der Waals surface area contributed by atoms with Crippen molar-refractivity contribution < 1.29 is 14.3 Å². The molecule has 0 aromatic heterocycles. The molecule has 0 aliphatic carbocycles. The van der Waals surface area contributed by atoms with Gasteiger partial charge in [-0.15, -0.1) is 0 Å². The number of likely N-dealkylation sites (N-methyl/N-ethyl adjacent to an activating group) is 1. The molecule has 0 saturated heterocycles. The van der Waals surface area contributed by atoms with Gasteiger partial charge in [-0.25, -0.2) is 0 Å². The lowest BCUT2D eigenvalue weighted by molar-refractivity contribution is -0.143. The summed E-state index contributed by atoms with van der Waals surface area (Å²) < 4.78 is 10.3. The smallest absolute Gasteiger partial charge is 0.326 e. The third-order valence-corrected chi connectivity index (χ3v) is 2.97. The molecular weight excluding hydrogens is 242 g/mol. The van der Waals surface area contributed by atoms with Crippen LogP contribution in [0.1, 0.15) is 26.3 Å². The summed E-state index contributed by atoms with van der Waals surface area (Å²) in [7, 11) is 3.07. The van der Waals surface area contributed by atoms with Crippen molar-refractivity contribution in [2.45, 2.75) is 32.2 Å². The van der Waals surface area contributed by atoms with Crippen LogP contribution in [0.4, 0.5) is 0 Å². The summed E-state index contributed by atoms with van der Waals surface area (Å²) in [6.45, 7) is 6.74. The van der Waals surface area contributed by atoms with E-state index in [1.807, 2.05) is 24.3 Å². The minimum Gasteiger partial charge on any atom is -0.491 e. The zero-order valence-electron chi connectivity index (χ0n) is 12.3. The zero-order chi connectivity index (χ0) is 14.5. The van der Waals surface area contributed by atoms with Crippen LogP contribution in [-0.4, -0.2) is 32.8 Å². The number of ether oxygens (including phenoxy) is 2. The Hall–Kier alpha value is -1.55. The second kappa shape index (κ2) is 6.57. The molecule has 0 bridgehead atoms. The standard InChI is InChI=1S/C15H23NO3/c1-15(2,3)11-6-8-12(9-7-11)19-10-13(16-4)14(17)18-5/h6-9,13,16H,10H2,1-5H3. The van der Waals surface area contributed by atoms with E-state index < -0.39 is 6.04 Å². The van der Waals surface area contributed by atoms with E-state index in [-0.39, 0.29) is 18.0 Å². The molecule has 1 N–H and O–H groups in total. The van der Waals surface area contributed by atoms with E-state index in [1.165, 1.54) is 12.7 Å². The normalized spacial score (nSPS) is 12.9. The number of esters is 1. The van der Waals surface area contributed by atoms with E-state index in [4.69, 9.17) is 4.74 Å². The van der Waals surface area contributed by atoms with Gasteiger partial charge in [-0.05, 0) is 30.2 Å². The van der Waals surface area contributed by atoms with Gasteiger partial charge in [0.1, 0.15) is 18.4 Å². The van der Waals surface area contributed by atoms with Crippen molar-refractivity contribution >= 4 is 5.97 Å². The Morgan fingerprint density at radius 2 is 1.84 bits per heavy atom. The fraction of sp³-hybridized carbons (Fsp3) is 0.533. The number of hydrogen-bond donors (Lipinski definition) is 1. The minimum atomic E-state index is -0.452. The van der Waals surface area contributed by atoms with Crippen LogP contribution in [0.25, 0.3) is 0 Å². The molecule has 19 heavy (non-hydrogen) atoms. The maximum absolute atomic E-state index is 11.4. The number of rotatable bonds is 5. The summed E-state index contributed by atoms with van der Waals surface area (Å²) in [5.74, 6) is 0.422. The molecule has 0 fully saturated rings. The molecule has 4 nitrogen and oxygen atoms in total. The average molecular weight is 265 g/mol. The van der Waals surface area contributed by atoms with Crippen molar-refractivity contribution in [3.05, 3.63) is 29.8 Å². The summed E-state index contributed by atoms with van der Waals surface area (Å²) in [6.07, 6.45) is 0. The van der Waals surface area contributed by atoms with Gasteiger partial charge in [0.05, 0.1) is 7.11 Å². The quantitative estimate of drug-likeness (QED) is 0.828. The van der Waals surface area contributed by atoms with Crippen molar-refractivity contribution in [2.75, 3.05) is 20.8 Å². The highest BCUT2D eigenvalue weighted by molar-refractivity contribution is 5.75. The Bertz CT molecular complexity index is 406. The molecule has 1 aromatic carbocycles. The number of carbonyl (C=O) groups is 1. The van der Waals surface area contributed by atoms with Crippen molar-refractivity contribution in [3.8, 4) is 5.75 Å². The predicted molar refractivity (Wildman–Crippen MR) is 75.5 cm³/mol. The Kier molecular flexibility index (Phi) is 5.36. The summed E-state index contributed by atoms with van der Waals surface area (Å²) >= 11 is 0. The molecule has 1 rings (SSSR count). The van der Waals surface area contributed by atoms with Crippen LogP contribution < -0.4 is 10.1 Å². The molecule has 0 spiro atoms. The Morgan fingerprint density at radius 3 is 2.26 bits per heavy atom. The lowest BCUT2D eigenvalue weighted by atomic mass is 9.87. The van der Waals surface area contributed by atoms with Gasteiger partial charge in [0.2, 0.25) is 0 Å². The van der Waals surface area contributed by atoms with Gasteiger partial charge >= 0.3 is 5.97 Å². The van der Waals surface area contributed by atoms with Crippen molar-refractivity contribution in [1.29, 1.82) is 0 Å². The first-order valence-electron chi connectivity index (χ1n) is 6.37. The van der Waals surface area contributed by atoms with Gasteiger partial charge in [0.25, 0.3) is 0 Å². The molecule has 1 unspecified atom stereocenters. The van der Waals surface area contributed by atoms with Gasteiger partial charge in [0.15, 0.2) is 0 Å². The number of methoxy groups -OCH3 is 1. The highest BCUT2D eigenvalue weighted by atomic mass is 16.5.